The molecule has 0 radical (unpaired) electrons. The number of alkyl halides is 6. The number of thioether (sulfide) groups is 1. The summed E-state index contributed by atoms with van der Waals surface area (Å²) >= 11 is 6.46. The van der Waals surface area contributed by atoms with Crippen LogP contribution in [0.3, 0.4) is 0 Å². The van der Waals surface area contributed by atoms with Crippen LogP contribution < -0.4 is 4.74 Å². The second-order valence-corrected chi connectivity index (χ2v) is 12.7. The number of carboxylic acid groups (broad SMARTS) is 1. The first-order valence-corrected chi connectivity index (χ1v) is 15.8. The summed E-state index contributed by atoms with van der Waals surface area (Å²) < 4.78 is 87.8. The molecule has 0 saturated carbocycles. The number of carboxylic acids is 1. The van der Waals surface area contributed by atoms with Crippen LogP contribution in [0.25, 0.3) is 17.2 Å². The molecule has 0 unspecified atom stereocenters. The van der Waals surface area contributed by atoms with Crippen LogP contribution in [-0.4, -0.2) is 63.9 Å². The van der Waals surface area contributed by atoms with Crippen LogP contribution in [0.4, 0.5) is 26.3 Å². The second kappa shape index (κ2) is 14.1. The van der Waals surface area contributed by atoms with Gasteiger partial charge in [0.1, 0.15) is 16.7 Å². The number of hydrogen-bond acceptors (Lipinski definition) is 6. The van der Waals surface area contributed by atoms with E-state index in [0.29, 0.717) is 36.4 Å². The molecular weight excluding hydrogens is 666 g/mol. The molecule has 0 aromatic heterocycles. The third-order valence-electron chi connectivity index (χ3n) is 7.78. The number of carbonyl (C=O) groups is 2. The minimum absolute atomic E-state index is 0.0695. The lowest BCUT2D eigenvalue weighted by atomic mass is 9.97. The summed E-state index contributed by atoms with van der Waals surface area (Å²) in [5, 5.41) is 9.10. The predicted molar refractivity (Wildman–Crippen MR) is 170 cm³/mol. The number of hydrogen-bond donors (Lipinski definition) is 1. The number of likely N-dealkylation sites (tertiary alicyclic amines) is 1. The lowest BCUT2D eigenvalue weighted by Gasteiger charge is -2.17. The number of rotatable bonds is 10. The number of thiocarbonyl (C=S) groups is 1. The number of carbonyl (C=O) groups excluding carboxylic acids is 1. The first-order valence-electron chi connectivity index (χ1n) is 14.6. The summed E-state index contributed by atoms with van der Waals surface area (Å²) in [5.74, 6) is -1.18. The van der Waals surface area contributed by atoms with Crippen molar-refractivity contribution in [2.45, 2.75) is 31.6 Å². The Morgan fingerprint density at radius 2 is 1.53 bits per heavy atom. The Morgan fingerprint density at radius 1 is 0.894 bits per heavy atom. The molecule has 6 nitrogen and oxygen atoms in total. The maximum atomic E-state index is 13.6. The smallest absolute Gasteiger partial charge is 0.416 e. The molecular formula is C33H28F6N2O4S2. The molecule has 0 atom stereocenters. The summed E-state index contributed by atoms with van der Waals surface area (Å²) in [6, 6.07) is 11.9. The number of benzene rings is 3. The molecule has 1 N–H and O–H groups in total. The van der Waals surface area contributed by atoms with Crippen molar-refractivity contribution < 1.29 is 45.8 Å². The van der Waals surface area contributed by atoms with Crippen molar-refractivity contribution in [3.63, 3.8) is 0 Å². The third-order valence-corrected chi connectivity index (χ3v) is 9.16. The number of nitrogens with zero attached hydrogens (tertiary/aromatic N) is 2. The quantitative estimate of drug-likeness (QED) is 0.131. The molecule has 3 aromatic rings. The van der Waals surface area contributed by atoms with Gasteiger partial charge in [-0.1, -0.05) is 42.2 Å². The van der Waals surface area contributed by atoms with E-state index in [2.05, 4.69) is 4.90 Å². The van der Waals surface area contributed by atoms with E-state index in [1.54, 1.807) is 12.1 Å². The highest BCUT2D eigenvalue weighted by Crippen LogP contribution is 2.40. The monoisotopic (exact) mass is 694 g/mol. The van der Waals surface area contributed by atoms with Crippen molar-refractivity contribution in [2.24, 2.45) is 0 Å². The van der Waals surface area contributed by atoms with Crippen molar-refractivity contribution in [3.8, 4) is 16.9 Å². The summed E-state index contributed by atoms with van der Waals surface area (Å²) in [6.45, 7) is 2.97. The van der Waals surface area contributed by atoms with E-state index in [1.165, 1.54) is 41.3 Å². The lowest BCUT2D eigenvalue weighted by Crippen LogP contribution is -2.30. The third kappa shape index (κ3) is 8.54. The second-order valence-electron chi connectivity index (χ2n) is 11.0. The first kappa shape index (κ1) is 34.5. The number of amides is 1. The minimum Gasteiger partial charge on any atom is -0.492 e. The number of aromatic carboxylic acids is 1. The molecule has 14 heteroatoms. The van der Waals surface area contributed by atoms with Gasteiger partial charge < -0.3 is 9.84 Å². The Balaban J connectivity index is 1.45. The van der Waals surface area contributed by atoms with Crippen molar-refractivity contribution in [1.29, 1.82) is 0 Å². The first-order chi connectivity index (χ1) is 22.2. The fourth-order valence-electron chi connectivity index (χ4n) is 5.27. The van der Waals surface area contributed by atoms with Gasteiger partial charge in [-0.2, -0.15) is 26.3 Å². The van der Waals surface area contributed by atoms with Gasteiger partial charge in [0.25, 0.3) is 5.91 Å². The lowest BCUT2D eigenvalue weighted by molar-refractivity contribution is -0.143. The van der Waals surface area contributed by atoms with Gasteiger partial charge in [0.15, 0.2) is 0 Å². The summed E-state index contributed by atoms with van der Waals surface area (Å²) in [4.78, 5) is 28.4. The van der Waals surface area contributed by atoms with Crippen LogP contribution in [0.1, 0.15) is 45.5 Å². The van der Waals surface area contributed by atoms with Crippen LogP contribution >= 0.6 is 24.0 Å². The summed E-state index contributed by atoms with van der Waals surface area (Å²) in [7, 11) is 0. The fraction of sp³-hybridized carbons (Fsp3) is 0.303. The highest BCUT2D eigenvalue weighted by molar-refractivity contribution is 8.26. The van der Waals surface area contributed by atoms with Gasteiger partial charge in [0.05, 0.1) is 21.6 Å². The van der Waals surface area contributed by atoms with Gasteiger partial charge in [-0.25, -0.2) is 4.79 Å². The molecule has 3 aromatic carbocycles. The molecule has 47 heavy (non-hydrogen) atoms. The van der Waals surface area contributed by atoms with Crippen LogP contribution in [0, 0.1) is 0 Å². The van der Waals surface area contributed by atoms with E-state index in [-0.39, 0.29) is 45.1 Å². The van der Waals surface area contributed by atoms with E-state index in [1.807, 2.05) is 0 Å². The summed E-state index contributed by atoms with van der Waals surface area (Å²) in [6.07, 6.45) is -6.00. The van der Waals surface area contributed by atoms with E-state index < -0.39 is 35.4 Å². The average molecular weight is 695 g/mol. The molecule has 2 aliphatic heterocycles. The van der Waals surface area contributed by atoms with Crippen molar-refractivity contribution >= 4 is 46.3 Å². The van der Waals surface area contributed by atoms with Crippen LogP contribution in [0.15, 0.2) is 65.6 Å². The van der Waals surface area contributed by atoms with E-state index >= 15 is 0 Å². The van der Waals surface area contributed by atoms with Crippen LogP contribution in [0.2, 0.25) is 0 Å². The molecule has 5 rings (SSSR count). The molecule has 248 valence electrons. The Morgan fingerprint density at radius 3 is 2.13 bits per heavy atom. The Labute approximate surface area is 276 Å². The Bertz CT molecular complexity index is 1670. The van der Waals surface area contributed by atoms with Crippen molar-refractivity contribution in [1.82, 2.24) is 9.80 Å². The number of ether oxygens (including phenoxy) is 1. The maximum absolute atomic E-state index is 13.6. The minimum atomic E-state index is -5.01. The zero-order chi connectivity index (χ0) is 33.9. The van der Waals surface area contributed by atoms with E-state index in [4.69, 9.17) is 22.1 Å². The largest absolute Gasteiger partial charge is 0.492 e. The standard InChI is InChI=1S/C33H28F6N2O4S2/c34-32(35,36)25-16-23(17-26(19-25)33(37,38)39)22-7-8-27(45-14-13-40-10-1-2-11-40)24(15-22)18-28-29(42)41(31(46)47-28)12-9-20-3-5-21(6-4-20)30(43)44/h3-8,15-19H,1-2,9-14H2,(H,43,44)/b28-18-. The molecule has 2 heterocycles. The highest BCUT2D eigenvalue weighted by atomic mass is 32.2. The topological polar surface area (TPSA) is 70.1 Å². The molecule has 2 fully saturated rings. The van der Waals surface area contributed by atoms with Gasteiger partial charge >= 0.3 is 18.3 Å². The Hall–Kier alpha value is -3.88. The predicted octanol–water partition coefficient (Wildman–Crippen LogP) is 8.01. The maximum Gasteiger partial charge on any atom is 0.416 e. The fourth-order valence-corrected chi connectivity index (χ4v) is 6.57. The number of halogens is 6. The van der Waals surface area contributed by atoms with Gasteiger partial charge in [0.2, 0.25) is 0 Å². The average Bonchev–Trinajstić information content (AvgIpc) is 3.63. The van der Waals surface area contributed by atoms with E-state index in [0.717, 1.165) is 43.3 Å². The highest BCUT2D eigenvalue weighted by Gasteiger charge is 2.37. The Kier molecular flexibility index (Phi) is 10.3. The molecule has 0 spiro atoms. The summed E-state index contributed by atoms with van der Waals surface area (Å²) in [5.41, 5.74) is -1.90. The zero-order valence-corrected chi connectivity index (χ0v) is 26.3. The normalized spacial score (nSPS) is 16.8. The van der Waals surface area contributed by atoms with Gasteiger partial charge in [-0.05, 0) is 97.6 Å². The van der Waals surface area contributed by atoms with Crippen molar-refractivity contribution in [3.05, 3.63) is 93.4 Å². The zero-order valence-electron chi connectivity index (χ0n) is 24.7. The van der Waals surface area contributed by atoms with Gasteiger partial charge in [-0.3, -0.25) is 14.6 Å². The van der Waals surface area contributed by atoms with Gasteiger partial charge in [-0.15, -0.1) is 0 Å². The molecule has 2 saturated heterocycles. The van der Waals surface area contributed by atoms with Crippen LogP contribution in [0.5, 0.6) is 5.75 Å². The molecule has 0 aliphatic carbocycles. The SMILES string of the molecule is O=C(O)c1ccc(CCN2C(=O)/C(=C/c3cc(-c4cc(C(F)(F)F)cc(C(F)(F)F)c4)ccc3OCCN3CCCC3)SC2=S)cc1. The molecule has 2 aliphatic rings. The van der Waals surface area contributed by atoms with Gasteiger partial charge in [0, 0.05) is 18.7 Å². The van der Waals surface area contributed by atoms with Crippen LogP contribution in [-0.2, 0) is 23.6 Å². The van der Waals surface area contributed by atoms with Crippen molar-refractivity contribution in [2.75, 3.05) is 32.8 Å². The molecule has 0 bridgehead atoms. The van der Waals surface area contributed by atoms with E-state index in [9.17, 15) is 35.9 Å². The molecule has 1 amide bonds.